The van der Waals surface area contributed by atoms with Crippen molar-refractivity contribution in [1.29, 1.82) is 0 Å². The molecule has 0 saturated heterocycles. The summed E-state index contributed by atoms with van der Waals surface area (Å²) in [4.78, 5) is 11.4. The lowest BCUT2D eigenvalue weighted by Crippen LogP contribution is -2.09. The molecular weight excluding hydrogens is 324 g/mol. The third-order valence-electron chi connectivity index (χ3n) is 4.94. The second-order valence-electron chi connectivity index (χ2n) is 7.60. The third kappa shape index (κ3) is 21.3. The summed E-state index contributed by atoms with van der Waals surface area (Å²) in [5.74, 6) is 0. The summed E-state index contributed by atoms with van der Waals surface area (Å²) in [7, 11) is 0. The number of carbonyl (C=O) groups excluding carboxylic acids is 1. The smallest absolute Gasteiger partial charge is 0.434 e. The summed E-state index contributed by atoms with van der Waals surface area (Å²) in [6.45, 7) is 5.45. The van der Waals surface area contributed by atoms with Crippen molar-refractivity contribution in [2.45, 2.75) is 129 Å². The van der Waals surface area contributed by atoms with Crippen LogP contribution < -0.4 is 0 Å². The van der Waals surface area contributed by atoms with Crippen LogP contribution in [0.4, 0.5) is 4.79 Å². The Bertz CT molecular complexity index is 279. The fourth-order valence-electron chi connectivity index (χ4n) is 3.18. The Labute approximate surface area is 163 Å². The molecule has 0 atom stereocenters. The van der Waals surface area contributed by atoms with Gasteiger partial charge < -0.3 is 9.47 Å². The number of hydrogen-bond donors (Lipinski definition) is 0. The van der Waals surface area contributed by atoms with Gasteiger partial charge in [0.15, 0.2) is 0 Å². The Morgan fingerprint density at radius 2 is 0.731 bits per heavy atom. The van der Waals surface area contributed by atoms with Crippen LogP contribution in [-0.4, -0.2) is 19.4 Å². The molecule has 0 aliphatic rings. The largest absolute Gasteiger partial charge is 0.508 e. The summed E-state index contributed by atoms with van der Waals surface area (Å²) in [5, 5.41) is 0. The molecule has 0 spiro atoms. The van der Waals surface area contributed by atoms with Gasteiger partial charge in [0.2, 0.25) is 0 Å². The Morgan fingerprint density at radius 3 is 1.08 bits per heavy atom. The fraction of sp³-hybridized carbons (Fsp3) is 0.957. The minimum absolute atomic E-state index is 0.490. The average Bonchev–Trinajstić information content (AvgIpc) is 2.64. The van der Waals surface area contributed by atoms with E-state index in [1.54, 1.807) is 0 Å². The minimum atomic E-state index is -0.490. The maximum absolute atomic E-state index is 11.4. The van der Waals surface area contributed by atoms with Crippen LogP contribution in [0.3, 0.4) is 0 Å². The standard InChI is InChI=1S/C23H46O3/c1-3-5-7-9-10-11-12-13-14-15-16-17-18-20-22-26-23(24)25-21-19-8-6-4-2/h3-22H2,1-2H3. The fourth-order valence-corrected chi connectivity index (χ4v) is 3.18. The molecule has 0 aromatic rings. The lowest BCUT2D eigenvalue weighted by Gasteiger charge is -2.06. The van der Waals surface area contributed by atoms with Crippen LogP contribution >= 0.6 is 0 Å². The molecule has 3 heteroatoms. The molecule has 0 amide bonds. The first-order valence-electron chi connectivity index (χ1n) is 11.6. The van der Waals surface area contributed by atoms with E-state index >= 15 is 0 Å². The first-order valence-corrected chi connectivity index (χ1v) is 11.6. The van der Waals surface area contributed by atoms with E-state index in [-0.39, 0.29) is 0 Å². The van der Waals surface area contributed by atoms with Crippen LogP contribution in [0, 0.1) is 0 Å². The topological polar surface area (TPSA) is 35.5 Å². The molecular formula is C23H46O3. The molecule has 0 saturated carbocycles. The molecule has 0 aliphatic carbocycles. The van der Waals surface area contributed by atoms with E-state index in [2.05, 4.69) is 13.8 Å². The quantitative estimate of drug-likeness (QED) is 0.160. The van der Waals surface area contributed by atoms with Crippen molar-refractivity contribution in [2.24, 2.45) is 0 Å². The zero-order valence-electron chi connectivity index (χ0n) is 17.9. The van der Waals surface area contributed by atoms with E-state index in [4.69, 9.17) is 9.47 Å². The number of hydrogen-bond acceptors (Lipinski definition) is 3. The molecule has 26 heavy (non-hydrogen) atoms. The summed E-state index contributed by atoms with van der Waals surface area (Å²) in [5.41, 5.74) is 0. The first kappa shape index (κ1) is 25.3. The van der Waals surface area contributed by atoms with Crippen LogP contribution in [0.1, 0.15) is 129 Å². The van der Waals surface area contributed by atoms with Crippen molar-refractivity contribution in [1.82, 2.24) is 0 Å². The molecule has 0 aromatic carbocycles. The first-order chi connectivity index (χ1) is 12.8. The van der Waals surface area contributed by atoms with Crippen molar-refractivity contribution >= 4 is 6.16 Å². The normalized spacial score (nSPS) is 10.8. The van der Waals surface area contributed by atoms with Gasteiger partial charge in [0.1, 0.15) is 0 Å². The molecule has 0 radical (unpaired) electrons. The highest BCUT2D eigenvalue weighted by molar-refractivity contribution is 5.59. The van der Waals surface area contributed by atoms with Crippen molar-refractivity contribution in [3.63, 3.8) is 0 Å². The van der Waals surface area contributed by atoms with E-state index in [9.17, 15) is 4.79 Å². The average molecular weight is 371 g/mol. The maximum Gasteiger partial charge on any atom is 0.508 e. The lowest BCUT2D eigenvalue weighted by molar-refractivity contribution is 0.0529. The Morgan fingerprint density at radius 1 is 0.462 bits per heavy atom. The third-order valence-corrected chi connectivity index (χ3v) is 4.94. The zero-order valence-corrected chi connectivity index (χ0v) is 17.9. The molecule has 0 aliphatic heterocycles. The number of carbonyl (C=O) groups is 1. The van der Waals surface area contributed by atoms with Gasteiger partial charge in [0.05, 0.1) is 13.2 Å². The van der Waals surface area contributed by atoms with Gasteiger partial charge in [-0.3, -0.25) is 0 Å². The van der Waals surface area contributed by atoms with Gasteiger partial charge >= 0.3 is 6.16 Å². The highest BCUT2D eigenvalue weighted by Crippen LogP contribution is 2.13. The summed E-state index contributed by atoms with van der Waals surface area (Å²) >= 11 is 0. The predicted octanol–water partition coefficient (Wildman–Crippen LogP) is 8.20. The minimum Gasteiger partial charge on any atom is -0.434 e. The van der Waals surface area contributed by atoms with Crippen LogP contribution in [0.2, 0.25) is 0 Å². The van der Waals surface area contributed by atoms with E-state index in [0.29, 0.717) is 13.2 Å². The van der Waals surface area contributed by atoms with Gasteiger partial charge in [-0.15, -0.1) is 0 Å². The molecule has 0 aromatic heterocycles. The molecule has 0 fully saturated rings. The summed E-state index contributed by atoms with van der Waals surface area (Å²) in [6, 6.07) is 0. The zero-order chi connectivity index (χ0) is 19.1. The highest BCUT2D eigenvalue weighted by Gasteiger charge is 2.02. The molecule has 3 nitrogen and oxygen atoms in total. The Balaban J connectivity index is 3.09. The van der Waals surface area contributed by atoms with E-state index in [1.807, 2.05) is 0 Å². The van der Waals surface area contributed by atoms with E-state index < -0.39 is 6.16 Å². The van der Waals surface area contributed by atoms with E-state index in [1.165, 1.54) is 89.9 Å². The van der Waals surface area contributed by atoms with Gasteiger partial charge in [-0.2, -0.15) is 0 Å². The summed E-state index contributed by atoms with van der Waals surface area (Å²) < 4.78 is 10.1. The predicted molar refractivity (Wildman–Crippen MR) is 112 cm³/mol. The second kappa shape index (κ2) is 22.3. The van der Waals surface area contributed by atoms with Crippen LogP contribution in [0.5, 0.6) is 0 Å². The molecule has 0 N–H and O–H groups in total. The second-order valence-corrected chi connectivity index (χ2v) is 7.60. The van der Waals surface area contributed by atoms with Gasteiger partial charge in [-0.1, -0.05) is 117 Å². The van der Waals surface area contributed by atoms with E-state index in [0.717, 1.165) is 25.7 Å². The SMILES string of the molecule is CCCCCCCCCCCCCCCCOC(=O)OCCCCCC. The monoisotopic (exact) mass is 370 g/mol. The molecule has 0 rings (SSSR count). The number of unbranched alkanes of at least 4 members (excludes halogenated alkanes) is 16. The van der Waals surface area contributed by atoms with Gasteiger partial charge in [-0.05, 0) is 12.8 Å². The van der Waals surface area contributed by atoms with Crippen molar-refractivity contribution in [2.75, 3.05) is 13.2 Å². The van der Waals surface area contributed by atoms with Gasteiger partial charge in [0.25, 0.3) is 0 Å². The lowest BCUT2D eigenvalue weighted by atomic mass is 10.0. The number of rotatable bonds is 20. The van der Waals surface area contributed by atoms with Gasteiger partial charge in [-0.25, -0.2) is 4.79 Å². The summed E-state index contributed by atoms with van der Waals surface area (Å²) in [6.07, 6.45) is 22.7. The molecule has 156 valence electrons. The molecule has 0 heterocycles. The van der Waals surface area contributed by atoms with Crippen LogP contribution in [-0.2, 0) is 9.47 Å². The van der Waals surface area contributed by atoms with Crippen LogP contribution in [0.25, 0.3) is 0 Å². The Hall–Kier alpha value is -0.730. The van der Waals surface area contributed by atoms with Crippen LogP contribution in [0.15, 0.2) is 0 Å². The van der Waals surface area contributed by atoms with Crippen molar-refractivity contribution < 1.29 is 14.3 Å². The molecule has 0 unspecified atom stereocenters. The number of ether oxygens (including phenoxy) is 2. The van der Waals surface area contributed by atoms with Gasteiger partial charge in [0, 0.05) is 0 Å². The Kier molecular flexibility index (Phi) is 21.7. The highest BCUT2D eigenvalue weighted by atomic mass is 16.7. The maximum atomic E-state index is 11.4. The molecule has 0 bridgehead atoms. The van der Waals surface area contributed by atoms with Crippen molar-refractivity contribution in [3.8, 4) is 0 Å². The van der Waals surface area contributed by atoms with Crippen molar-refractivity contribution in [3.05, 3.63) is 0 Å².